The lowest BCUT2D eigenvalue weighted by molar-refractivity contribution is 0.568. The van der Waals surface area contributed by atoms with E-state index in [2.05, 4.69) is 9.97 Å². The number of nitrogens with zero attached hydrogens (tertiary/aromatic N) is 2. The molecule has 0 aliphatic heterocycles. The van der Waals surface area contributed by atoms with Crippen LogP contribution in [0, 0.1) is 5.82 Å². The van der Waals surface area contributed by atoms with E-state index in [1.807, 2.05) is 0 Å². The zero-order valence-electron chi connectivity index (χ0n) is 4.61. The largest absolute Gasteiger partial charge is 0.221 e. The van der Waals surface area contributed by atoms with E-state index in [1.165, 1.54) is 0 Å². The summed E-state index contributed by atoms with van der Waals surface area (Å²) in [6.07, 6.45) is 0.952. The van der Waals surface area contributed by atoms with Crippen molar-refractivity contribution in [2.75, 3.05) is 5.54 Å². The van der Waals surface area contributed by atoms with Gasteiger partial charge in [0.05, 0.1) is 0 Å². The third kappa shape index (κ3) is 1.13. The van der Waals surface area contributed by atoms with Gasteiger partial charge in [0.25, 0.3) is 0 Å². The lowest BCUT2D eigenvalue weighted by Gasteiger charge is -1.95. The van der Waals surface area contributed by atoms with E-state index >= 15 is 0 Å². The van der Waals surface area contributed by atoms with Crippen LogP contribution >= 0.6 is 11.6 Å². The molecule has 0 fully saturated rings. The Bertz CT molecular complexity index is 242. The van der Waals surface area contributed by atoms with Crippen LogP contribution in [-0.2, 0) is 0 Å². The summed E-state index contributed by atoms with van der Waals surface area (Å²) >= 11 is 5.16. The van der Waals surface area contributed by atoms with Crippen molar-refractivity contribution >= 4 is 17.4 Å². The molecular formula is C4H2ClF2N3. The molecule has 6 heteroatoms. The number of hydrogen-bond acceptors (Lipinski definition) is 3. The smallest absolute Gasteiger partial charge is 0.205 e. The summed E-state index contributed by atoms with van der Waals surface area (Å²) in [6, 6.07) is 0. The lowest BCUT2D eigenvalue weighted by Crippen LogP contribution is -1.94. The molecule has 0 atom stereocenters. The number of hydrogen-bond donors (Lipinski definition) is 1. The van der Waals surface area contributed by atoms with Crippen LogP contribution in [0.25, 0.3) is 0 Å². The Morgan fingerprint density at radius 1 is 1.50 bits per heavy atom. The highest BCUT2D eigenvalue weighted by Gasteiger charge is 2.07. The molecule has 0 aliphatic rings. The zero-order valence-corrected chi connectivity index (χ0v) is 5.36. The van der Waals surface area contributed by atoms with E-state index in [0.717, 1.165) is 11.9 Å². The van der Waals surface area contributed by atoms with Gasteiger partial charge < -0.3 is 0 Å². The van der Waals surface area contributed by atoms with Gasteiger partial charge in [-0.15, -0.1) is 4.48 Å². The summed E-state index contributed by atoms with van der Waals surface area (Å²) in [4.78, 5) is 6.46. The highest BCUT2D eigenvalue weighted by Crippen LogP contribution is 2.16. The van der Waals surface area contributed by atoms with Gasteiger partial charge in [0, 0.05) is 0 Å². The first-order chi connectivity index (χ1) is 4.75. The summed E-state index contributed by atoms with van der Waals surface area (Å²) in [5.74, 6) is -1.55. The average Bonchev–Trinajstić information content (AvgIpc) is 1.95. The van der Waals surface area contributed by atoms with Crippen LogP contribution in [0.1, 0.15) is 0 Å². The highest BCUT2D eigenvalue weighted by atomic mass is 35.5. The normalized spacial score (nSPS) is 9.50. The highest BCUT2D eigenvalue weighted by molar-refractivity contribution is 6.29. The maximum atomic E-state index is 12.4. The Balaban J connectivity index is 3.14. The number of rotatable bonds is 1. The molecule has 0 aromatic carbocycles. The van der Waals surface area contributed by atoms with Crippen LogP contribution in [0.5, 0.6) is 0 Å². The quantitative estimate of drug-likeness (QED) is 0.507. The summed E-state index contributed by atoms with van der Waals surface area (Å²) in [7, 11) is 0. The predicted octanol–water partition coefficient (Wildman–Crippen LogP) is 1.57. The number of nitrogens with one attached hydrogen (secondary N) is 1. The van der Waals surface area contributed by atoms with Crippen molar-refractivity contribution in [2.45, 2.75) is 0 Å². The fraction of sp³-hybridized carbons (Fsp3) is 0. The van der Waals surface area contributed by atoms with Gasteiger partial charge in [-0.2, -0.15) is 4.39 Å². The second-order valence-corrected chi connectivity index (χ2v) is 1.78. The number of anilines is 1. The molecule has 3 nitrogen and oxygen atoms in total. The Hall–Kier alpha value is -0.970. The molecule has 1 heterocycles. The number of halogens is 3. The monoisotopic (exact) mass is 165 g/mol. The van der Waals surface area contributed by atoms with Crippen molar-refractivity contribution in [1.82, 2.24) is 9.97 Å². The van der Waals surface area contributed by atoms with Crippen LogP contribution in [0.4, 0.5) is 14.7 Å². The summed E-state index contributed by atoms with van der Waals surface area (Å²) < 4.78 is 24.0. The van der Waals surface area contributed by atoms with Gasteiger partial charge in [0.1, 0.15) is 6.33 Å². The summed E-state index contributed by atoms with van der Waals surface area (Å²) in [5.41, 5.74) is 1.03. The summed E-state index contributed by atoms with van der Waals surface area (Å²) in [5, 5.41) is -0.407. The molecule has 1 aromatic heterocycles. The first kappa shape index (κ1) is 7.14. The van der Waals surface area contributed by atoms with E-state index in [-0.39, 0.29) is 0 Å². The van der Waals surface area contributed by atoms with Crippen LogP contribution in [0.2, 0.25) is 5.15 Å². The van der Waals surface area contributed by atoms with Gasteiger partial charge in [-0.1, -0.05) is 11.6 Å². The van der Waals surface area contributed by atoms with Crippen molar-refractivity contribution in [3.63, 3.8) is 0 Å². The second-order valence-electron chi connectivity index (χ2n) is 1.42. The molecular weight excluding hydrogens is 164 g/mol. The van der Waals surface area contributed by atoms with Crippen LogP contribution in [0.15, 0.2) is 6.33 Å². The van der Waals surface area contributed by atoms with E-state index in [9.17, 15) is 8.87 Å². The minimum absolute atomic E-state index is 0.407. The predicted molar refractivity (Wildman–Crippen MR) is 31.7 cm³/mol. The van der Waals surface area contributed by atoms with Crippen molar-refractivity contribution < 1.29 is 8.87 Å². The van der Waals surface area contributed by atoms with E-state index in [4.69, 9.17) is 11.6 Å². The van der Waals surface area contributed by atoms with Crippen molar-refractivity contribution in [2.24, 2.45) is 0 Å². The van der Waals surface area contributed by atoms with Gasteiger partial charge in [0.15, 0.2) is 11.0 Å². The second kappa shape index (κ2) is 2.74. The summed E-state index contributed by atoms with van der Waals surface area (Å²) in [6.45, 7) is 0. The minimum atomic E-state index is -0.994. The van der Waals surface area contributed by atoms with Crippen LogP contribution < -0.4 is 5.54 Å². The van der Waals surface area contributed by atoms with Gasteiger partial charge >= 0.3 is 0 Å². The Morgan fingerprint density at radius 3 is 2.70 bits per heavy atom. The molecule has 0 bridgehead atoms. The standard InChI is InChI=1S/C4H2ClF2N3/c5-3-2(6)4(10-7)9-1-8-3/h1H,(H,8,9,10). The van der Waals surface area contributed by atoms with Crippen molar-refractivity contribution in [3.05, 3.63) is 17.3 Å². The molecule has 0 unspecified atom stereocenters. The minimum Gasteiger partial charge on any atom is -0.221 e. The average molecular weight is 166 g/mol. The lowest BCUT2D eigenvalue weighted by atomic mass is 10.6. The van der Waals surface area contributed by atoms with Crippen molar-refractivity contribution in [3.8, 4) is 0 Å². The van der Waals surface area contributed by atoms with Gasteiger partial charge in [-0.3, -0.25) is 0 Å². The molecule has 54 valence electrons. The van der Waals surface area contributed by atoms with Crippen LogP contribution in [-0.4, -0.2) is 9.97 Å². The number of aromatic nitrogens is 2. The van der Waals surface area contributed by atoms with Gasteiger partial charge in [-0.05, 0) is 0 Å². The molecule has 1 rings (SSSR count). The maximum Gasteiger partial charge on any atom is 0.205 e. The molecule has 1 aromatic rings. The Kier molecular flexibility index (Phi) is 1.96. The first-order valence-corrected chi connectivity index (χ1v) is 2.66. The first-order valence-electron chi connectivity index (χ1n) is 2.28. The molecule has 10 heavy (non-hydrogen) atoms. The molecule has 0 radical (unpaired) electrons. The topological polar surface area (TPSA) is 37.8 Å². The Morgan fingerprint density at radius 2 is 2.20 bits per heavy atom. The molecule has 0 saturated carbocycles. The molecule has 0 amide bonds. The van der Waals surface area contributed by atoms with Gasteiger partial charge in [0.2, 0.25) is 5.82 Å². The maximum absolute atomic E-state index is 12.4. The molecule has 0 spiro atoms. The van der Waals surface area contributed by atoms with Crippen molar-refractivity contribution in [1.29, 1.82) is 0 Å². The zero-order chi connectivity index (χ0) is 7.56. The fourth-order valence-corrected chi connectivity index (χ4v) is 0.547. The van der Waals surface area contributed by atoms with Gasteiger partial charge in [-0.25, -0.2) is 15.5 Å². The Labute approximate surface area is 60.0 Å². The third-order valence-corrected chi connectivity index (χ3v) is 1.10. The molecule has 0 saturated heterocycles. The SMILES string of the molecule is FNc1ncnc(Cl)c1F. The van der Waals surface area contributed by atoms with Crippen LogP contribution in [0.3, 0.4) is 0 Å². The molecule has 1 N–H and O–H groups in total. The van der Waals surface area contributed by atoms with E-state index in [0.29, 0.717) is 0 Å². The fourth-order valence-electron chi connectivity index (χ4n) is 0.414. The van der Waals surface area contributed by atoms with E-state index in [1.54, 1.807) is 0 Å². The third-order valence-electron chi connectivity index (χ3n) is 0.836. The van der Waals surface area contributed by atoms with E-state index < -0.39 is 16.8 Å². The molecule has 0 aliphatic carbocycles.